The van der Waals surface area contributed by atoms with Gasteiger partial charge in [-0.25, -0.2) is 0 Å². The molecule has 20 heavy (non-hydrogen) atoms. The molecule has 1 atom stereocenters. The second-order valence-corrected chi connectivity index (χ2v) is 5.49. The van der Waals surface area contributed by atoms with Gasteiger partial charge in [-0.3, -0.25) is 4.90 Å². The Morgan fingerprint density at radius 2 is 2.40 bits per heavy atom. The van der Waals surface area contributed by atoms with Crippen molar-refractivity contribution >= 4 is 17.2 Å². The predicted molar refractivity (Wildman–Crippen MR) is 84.3 cm³/mol. The van der Waals surface area contributed by atoms with Crippen molar-refractivity contribution in [2.24, 2.45) is 5.73 Å². The van der Waals surface area contributed by atoms with Crippen molar-refractivity contribution in [3.63, 3.8) is 0 Å². The first-order valence-electron chi connectivity index (χ1n) is 7.01. The molecular formula is C15H22N2O2S. The Kier molecular flexibility index (Phi) is 5.76. The summed E-state index contributed by atoms with van der Waals surface area (Å²) in [6, 6.07) is 8.12. The molecule has 0 bridgehead atoms. The van der Waals surface area contributed by atoms with E-state index >= 15 is 0 Å². The normalized spacial score (nSPS) is 19.8. The molecule has 110 valence electrons. The van der Waals surface area contributed by atoms with Crippen molar-refractivity contribution in [3.05, 3.63) is 29.8 Å². The van der Waals surface area contributed by atoms with Crippen LogP contribution in [0.5, 0.6) is 5.75 Å². The van der Waals surface area contributed by atoms with Crippen LogP contribution in [0.1, 0.15) is 18.9 Å². The van der Waals surface area contributed by atoms with E-state index in [0.29, 0.717) is 17.6 Å². The van der Waals surface area contributed by atoms with E-state index < -0.39 is 0 Å². The van der Waals surface area contributed by atoms with Crippen molar-refractivity contribution in [1.29, 1.82) is 0 Å². The molecule has 1 fully saturated rings. The summed E-state index contributed by atoms with van der Waals surface area (Å²) in [4.78, 5) is 2.84. The molecule has 1 unspecified atom stereocenters. The van der Waals surface area contributed by atoms with Gasteiger partial charge in [-0.2, -0.15) is 0 Å². The van der Waals surface area contributed by atoms with Crippen LogP contribution >= 0.6 is 12.2 Å². The van der Waals surface area contributed by atoms with Crippen LogP contribution < -0.4 is 10.5 Å². The zero-order chi connectivity index (χ0) is 14.4. The second-order valence-electron chi connectivity index (χ2n) is 5.05. The minimum Gasteiger partial charge on any atom is -0.494 e. The zero-order valence-corrected chi connectivity index (χ0v) is 12.7. The van der Waals surface area contributed by atoms with Crippen LogP contribution in [0.2, 0.25) is 0 Å². The Hall–Kier alpha value is -1.17. The summed E-state index contributed by atoms with van der Waals surface area (Å²) in [6.45, 7) is 6.62. The fourth-order valence-corrected chi connectivity index (χ4v) is 2.42. The van der Waals surface area contributed by atoms with Crippen molar-refractivity contribution in [3.8, 4) is 5.75 Å². The Bertz CT molecular complexity index is 453. The van der Waals surface area contributed by atoms with Gasteiger partial charge in [0.15, 0.2) is 0 Å². The van der Waals surface area contributed by atoms with Gasteiger partial charge in [0.05, 0.1) is 19.8 Å². The van der Waals surface area contributed by atoms with E-state index in [1.54, 1.807) is 0 Å². The summed E-state index contributed by atoms with van der Waals surface area (Å²) in [7, 11) is 0. The third-order valence-corrected chi connectivity index (χ3v) is 3.72. The monoisotopic (exact) mass is 294 g/mol. The maximum atomic E-state index is 5.75. The van der Waals surface area contributed by atoms with Gasteiger partial charge >= 0.3 is 0 Å². The summed E-state index contributed by atoms with van der Waals surface area (Å²) in [5.74, 6) is 0.824. The fourth-order valence-electron chi connectivity index (χ4n) is 2.29. The molecule has 0 aromatic heterocycles. The number of thiocarbonyl (C=S) groups is 1. The Morgan fingerprint density at radius 3 is 3.15 bits per heavy atom. The summed E-state index contributed by atoms with van der Waals surface area (Å²) in [5.41, 5.74) is 6.45. The first-order chi connectivity index (χ1) is 9.66. The summed E-state index contributed by atoms with van der Waals surface area (Å²) in [6.07, 6.45) is 1.00. The van der Waals surface area contributed by atoms with Crippen LogP contribution in [0, 0.1) is 0 Å². The molecule has 2 rings (SSSR count). The largest absolute Gasteiger partial charge is 0.494 e. The topological polar surface area (TPSA) is 47.7 Å². The van der Waals surface area contributed by atoms with Crippen molar-refractivity contribution in [2.75, 3.05) is 32.9 Å². The van der Waals surface area contributed by atoms with Gasteiger partial charge in [0.1, 0.15) is 10.7 Å². The van der Waals surface area contributed by atoms with Crippen LogP contribution in [-0.2, 0) is 4.74 Å². The summed E-state index contributed by atoms with van der Waals surface area (Å²) >= 11 is 4.96. The molecular weight excluding hydrogens is 272 g/mol. The highest BCUT2D eigenvalue weighted by atomic mass is 32.1. The standard InChI is InChI=1S/C15H22N2O2S/c1-12-11-18-9-7-17(12)6-3-8-19-14-5-2-4-13(10-14)15(16)20/h2,4-5,10,12H,3,6-9,11H2,1H3,(H2,16,20). The van der Waals surface area contributed by atoms with Gasteiger partial charge in [0.25, 0.3) is 0 Å². The van der Waals surface area contributed by atoms with Gasteiger partial charge in [-0.05, 0) is 25.5 Å². The predicted octanol–water partition coefficient (Wildman–Crippen LogP) is 1.81. The fraction of sp³-hybridized carbons (Fsp3) is 0.533. The highest BCUT2D eigenvalue weighted by Gasteiger charge is 2.17. The number of hydrogen-bond acceptors (Lipinski definition) is 4. The average molecular weight is 294 g/mol. The van der Waals surface area contributed by atoms with Gasteiger partial charge in [-0.15, -0.1) is 0 Å². The highest BCUT2D eigenvalue weighted by molar-refractivity contribution is 7.80. The summed E-state index contributed by atoms with van der Waals surface area (Å²) < 4.78 is 11.2. The number of nitrogens with zero attached hydrogens (tertiary/aromatic N) is 1. The molecule has 5 heteroatoms. The minimum absolute atomic E-state index is 0.401. The average Bonchev–Trinajstić information content (AvgIpc) is 2.45. The Morgan fingerprint density at radius 1 is 1.55 bits per heavy atom. The molecule has 1 aromatic rings. The molecule has 1 aliphatic heterocycles. The molecule has 0 aliphatic carbocycles. The number of ether oxygens (including phenoxy) is 2. The lowest BCUT2D eigenvalue weighted by molar-refractivity contribution is -0.00200. The van der Waals surface area contributed by atoms with E-state index in [0.717, 1.165) is 44.0 Å². The van der Waals surface area contributed by atoms with Crippen LogP contribution in [-0.4, -0.2) is 48.8 Å². The maximum Gasteiger partial charge on any atom is 0.119 e. The first-order valence-corrected chi connectivity index (χ1v) is 7.42. The van der Waals surface area contributed by atoms with Gasteiger partial charge < -0.3 is 15.2 Å². The zero-order valence-electron chi connectivity index (χ0n) is 11.9. The molecule has 4 nitrogen and oxygen atoms in total. The SMILES string of the molecule is CC1COCCN1CCCOc1cccc(C(N)=S)c1. The molecule has 1 saturated heterocycles. The quantitative estimate of drug-likeness (QED) is 0.640. The van der Waals surface area contributed by atoms with Crippen LogP contribution in [0.15, 0.2) is 24.3 Å². The second kappa shape index (κ2) is 7.57. The molecule has 1 aliphatic rings. The van der Waals surface area contributed by atoms with E-state index in [9.17, 15) is 0 Å². The molecule has 2 N–H and O–H groups in total. The Labute approximate surface area is 125 Å². The lowest BCUT2D eigenvalue weighted by Crippen LogP contribution is -2.44. The van der Waals surface area contributed by atoms with Gasteiger partial charge in [0.2, 0.25) is 0 Å². The number of hydrogen-bond donors (Lipinski definition) is 1. The van der Waals surface area contributed by atoms with E-state index in [-0.39, 0.29) is 0 Å². The van der Waals surface area contributed by atoms with Crippen molar-refractivity contribution in [1.82, 2.24) is 4.90 Å². The van der Waals surface area contributed by atoms with E-state index in [2.05, 4.69) is 11.8 Å². The van der Waals surface area contributed by atoms with E-state index in [1.165, 1.54) is 0 Å². The van der Waals surface area contributed by atoms with Crippen molar-refractivity contribution < 1.29 is 9.47 Å². The highest BCUT2D eigenvalue weighted by Crippen LogP contribution is 2.14. The molecule has 1 heterocycles. The maximum absolute atomic E-state index is 5.75. The third-order valence-electron chi connectivity index (χ3n) is 3.48. The molecule has 0 spiro atoms. The molecule has 0 amide bonds. The van der Waals surface area contributed by atoms with E-state index in [4.69, 9.17) is 27.4 Å². The van der Waals surface area contributed by atoms with Gasteiger partial charge in [0, 0.05) is 24.7 Å². The van der Waals surface area contributed by atoms with E-state index in [1.807, 2.05) is 24.3 Å². The van der Waals surface area contributed by atoms with Gasteiger partial charge in [-0.1, -0.05) is 24.4 Å². The van der Waals surface area contributed by atoms with Crippen molar-refractivity contribution in [2.45, 2.75) is 19.4 Å². The third kappa shape index (κ3) is 4.44. The number of benzene rings is 1. The van der Waals surface area contributed by atoms with Crippen LogP contribution in [0.3, 0.4) is 0 Å². The first kappa shape index (κ1) is 15.2. The minimum atomic E-state index is 0.401. The lowest BCUT2D eigenvalue weighted by atomic mass is 10.2. The molecule has 0 radical (unpaired) electrons. The lowest BCUT2D eigenvalue weighted by Gasteiger charge is -2.33. The number of morpholine rings is 1. The number of nitrogens with two attached hydrogens (primary N) is 1. The number of rotatable bonds is 6. The smallest absolute Gasteiger partial charge is 0.119 e. The van der Waals surface area contributed by atoms with Crippen LogP contribution in [0.4, 0.5) is 0 Å². The summed E-state index contributed by atoms with van der Waals surface area (Å²) in [5, 5.41) is 0. The Balaban J connectivity index is 1.73. The van der Waals surface area contributed by atoms with Crippen LogP contribution in [0.25, 0.3) is 0 Å². The molecule has 1 aromatic carbocycles. The molecule has 0 saturated carbocycles.